The second-order valence-corrected chi connectivity index (χ2v) is 9.15. The molecule has 0 aliphatic carbocycles. The molecule has 14 heteroatoms. The van der Waals surface area contributed by atoms with E-state index in [-0.39, 0.29) is 39.3 Å². The van der Waals surface area contributed by atoms with Crippen molar-refractivity contribution in [2.24, 2.45) is 5.92 Å². The number of anilines is 2. The Morgan fingerprint density at radius 3 is 2.51 bits per heavy atom. The second kappa shape index (κ2) is 10.8. The van der Waals surface area contributed by atoms with Crippen molar-refractivity contribution in [3.05, 3.63) is 62.4 Å². The lowest BCUT2D eigenvalue weighted by Gasteiger charge is -2.17. The van der Waals surface area contributed by atoms with Crippen LogP contribution in [0.3, 0.4) is 0 Å². The van der Waals surface area contributed by atoms with Gasteiger partial charge in [-0.05, 0) is 46.1 Å². The number of nitrogens with one attached hydrogen (secondary N) is 2. The number of hydrogen-bond donors (Lipinski definition) is 2. The van der Waals surface area contributed by atoms with Gasteiger partial charge in [0.15, 0.2) is 5.82 Å². The zero-order chi connectivity index (χ0) is 25.9. The van der Waals surface area contributed by atoms with E-state index >= 15 is 0 Å². The van der Waals surface area contributed by atoms with E-state index in [1.807, 2.05) is 0 Å². The number of pyridine rings is 1. The highest BCUT2D eigenvalue weighted by Crippen LogP contribution is 2.39. The predicted octanol–water partition coefficient (Wildman–Crippen LogP) is 6.81. The number of carbonyl (C=O) groups is 2. The first-order valence-electron chi connectivity index (χ1n) is 9.89. The number of ether oxygens (including phenoxy) is 1. The average molecular weight is 595 g/mol. The van der Waals surface area contributed by atoms with Crippen molar-refractivity contribution in [3.63, 3.8) is 0 Å². The first-order chi connectivity index (χ1) is 16.4. The topological polar surface area (TPSA) is 98.1 Å². The highest BCUT2D eigenvalue weighted by molar-refractivity contribution is 9.10. The zero-order valence-electron chi connectivity index (χ0n) is 18.1. The zero-order valence-corrected chi connectivity index (χ0v) is 21.2. The summed E-state index contributed by atoms with van der Waals surface area (Å²) in [5.74, 6) is -0.688. The summed E-state index contributed by atoms with van der Waals surface area (Å²) in [5.41, 5.74) is -1.88. The Hall–Kier alpha value is -2.83. The van der Waals surface area contributed by atoms with Crippen LogP contribution in [0.2, 0.25) is 10.0 Å². The number of alkyl halides is 3. The molecule has 0 saturated heterocycles. The fraction of sp³-hybridized carbons (Fsp3) is 0.238. The fourth-order valence-corrected chi connectivity index (χ4v) is 3.61. The Labute approximate surface area is 215 Å². The van der Waals surface area contributed by atoms with Crippen molar-refractivity contribution in [2.75, 3.05) is 17.2 Å². The van der Waals surface area contributed by atoms with Crippen molar-refractivity contribution in [3.8, 4) is 5.82 Å². The number of aromatic nitrogens is 3. The summed E-state index contributed by atoms with van der Waals surface area (Å²) in [4.78, 5) is 29.4. The molecule has 2 heterocycles. The third-order valence-electron chi connectivity index (χ3n) is 4.29. The Kier molecular flexibility index (Phi) is 8.29. The van der Waals surface area contributed by atoms with Gasteiger partial charge >= 0.3 is 12.3 Å². The van der Waals surface area contributed by atoms with E-state index < -0.39 is 34.5 Å². The van der Waals surface area contributed by atoms with E-state index in [0.29, 0.717) is 12.1 Å². The van der Waals surface area contributed by atoms with Crippen molar-refractivity contribution in [1.29, 1.82) is 0 Å². The standard InChI is InChI=1S/C21H17BrCl2F3N5O3/c1-10(2)9-35-20(34)29-14-7-11(21(25,26)27)6-13(24)17(14)30-19(33)15-8-16(22)31-32(15)18-12(23)4-3-5-28-18/h3-8,10H,9H2,1-2H3,(H,29,34)(H,30,33). The number of benzene rings is 1. The molecule has 0 aliphatic heterocycles. The maximum absolute atomic E-state index is 13.4. The normalized spacial score (nSPS) is 11.5. The van der Waals surface area contributed by atoms with Gasteiger partial charge in [0.05, 0.1) is 33.6 Å². The molecular formula is C21H17BrCl2F3N5O3. The molecule has 0 unspecified atom stereocenters. The molecule has 35 heavy (non-hydrogen) atoms. The second-order valence-electron chi connectivity index (χ2n) is 7.52. The van der Waals surface area contributed by atoms with Crippen molar-refractivity contribution >= 4 is 62.5 Å². The number of amides is 2. The van der Waals surface area contributed by atoms with Crippen LogP contribution in [0, 0.1) is 5.92 Å². The van der Waals surface area contributed by atoms with E-state index in [0.717, 1.165) is 4.68 Å². The third-order valence-corrected chi connectivity index (χ3v) is 5.27. The highest BCUT2D eigenvalue weighted by Gasteiger charge is 2.33. The summed E-state index contributed by atoms with van der Waals surface area (Å²) in [6, 6.07) is 5.75. The predicted molar refractivity (Wildman–Crippen MR) is 128 cm³/mol. The van der Waals surface area contributed by atoms with Crippen LogP contribution in [0.4, 0.5) is 29.3 Å². The average Bonchev–Trinajstić information content (AvgIpc) is 3.15. The largest absolute Gasteiger partial charge is 0.449 e. The summed E-state index contributed by atoms with van der Waals surface area (Å²) >= 11 is 15.4. The van der Waals surface area contributed by atoms with Gasteiger partial charge in [-0.2, -0.15) is 18.3 Å². The van der Waals surface area contributed by atoms with Crippen LogP contribution in [0.15, 0.2) is 41.1 Å². The minimum atomic E-state index is -4.76. The molecule has 186 valence electrons. The van der Waals surface area contributed by atoms with E-state index in [2.05, 4.69) is 36.6 Å². The number of rotatable bonds is 6. The summed E-state index contributed by atoms with van der Waals surface area (Å²) in [7, 11) is 0. The van der Waals surface area contributed by atoms with Crippen molar-refractivity contribution < 1.29 is 27.5 Å². The lowest BCUT2D eigenvalue weighted by Crippen LogP contribution is -2.21. The quantitative estimate of drug-likeness (QED) is 0.327. The summed E-state index contributed by atoms with van der Waals surface area (Å²) in [6.07, 6.45) is -4.34. The van der Waals surface area contributed by atoms with Crippen molar-refractivity contribution in [1.82, 2.24) is 14.8 Å². The van der Waals surface area contributed by atoms with Crippen LogP contribution >= 0.6 is 39.1 Å². The van der Waals surface area contributed by atoms with Gasteiger partial charge in [-0.1, -0.05) is 37.0 Å². The minimum absolute atomic E-state index is 0.0119. The van der Waals surface area contributed by atoms with Gasteiger partial charge in [0, 0.05) is 12.3 Å². The Bertz CT molecular complexity index is 1270. The van der Waals surface area contributed by atoms with Gasteiger partial charge in [0.2, 0.25) is 0 Å². The molecule has 0 atom stereocenters. The third kappa shape index (κ3) is 6.65. The molecule has 8 nitrogen and oxygen atoms in total. The molecule has 0 bridgehead atoms. The monoisotopic (exact) mass is 593 g/mol. The maximum Gasteiger partial charge on any atom is 0.416 e. The number of nitrogens with zero attached hydrogens (tertiary/aromatic N) is 3. The van der Waals surface area contributed by atoms with Gasteiger partial charge in [0.25, 0.3) is 5.91 Å². The van der Waals surface area contributed by atoms with Gasteiger partial charge in [0.1, 0.15) is 10.3 Å². The first kappa shape index (κ1) is 26.8. The van der Waals surface area contributed by atoms with Gasteiger partial charge in [-0.15, -0.1) is 0 Å². The molecule has 1 aromatic carbocycles. The lowest BCUT2D eigenvalue weighted by molar-refractivity contribution is -0.137. The Morgan fingerprint density at radius 2 is 1.89 bits per heavy atom. The summed E-state index contributed by atoms with van der Waals surface area (Å²) in [6.45, 7) is 3.60. The van der Waals surface area contributed by atoms with Crippen LogP contribution < -0.4 is 10.6 Å². The van der Waals surface area contributed by atoms with E-state index in [1.165, 1.54) is 12.3 Å². The molecule has 3 aromatic rings. The van der Waals surface area contributed by atoms with Crippen LogP contribution in [-0.2, 0) is 10.9 Å². The van der Waals surface area contributed by atoms with Crippen LogP contribution in [0.5, 0.6) is 0 Å². The molecule has 2 aromatic heterocycles. The minimum Gasteiger partial charge on any atom is -0.449 e. The van der Waals surface area contributed by atoms with Crippen LogP contribution in [0.1, 0.15) is 29.9 Å². The van der Waals surface area contributed by atoms with Gasteiger partial charge in [-0.25, -0.2) is 14.5 Å². The van der Waals surface area contributed by atoms with Gasteiger partial charge < -0.3 is 10.1 Å². The lowest BCUT2D eigenvalue weighted by atomic mass is 10.1. The van der Waals surface area contributed by atoms with Crippen molar-refractivity contribution in [2.45, 2.75) is 20.0 Å². The molecular weight excluding hydrogens is 578 g/mol. The Morgan fingerprint density at radius 1 is 1.17 bits per heavy atom. The highest BCUT2D eigenvalue weighted by atomic mass is 79.9. The van der Waals surface area contributed by atoms with E-state index in [1.54, 1.807) is 26.0 Å². The van der Waals surface area contributed by atoms with Crippen LogP contribution in [-0.4, -0.2) is 33.4 Å². The Balaban J connectivity index is 2.00. The SMILES string of the molecule is CC(C)COC(=O)Nc1cc(C(F)(F)F)cc(Cl)c1NC(=O)c1cc(Br)nn1-c1ncccc1Cl. The number of carbonyl (C=O) groups excluding carboxylic acids is 2. The molecule has 0 radical (unpaired) electrons. The first-order valence-corrected chi connectivity index (χ1v) is 11.4. The van der Waals surface area contributed by atoms with Crippen LogP contribution in [0.25, 0.3) is 5.82 Å². The molecule has 0 saturated carbocycles. The molecule has 0 spiro atoms. The number of hydrogen-bond acceptors (Lipinski definition) is 5. The number of halogens is 6. The molecule has 0 fully saturated rings. The van der Waals surface area contributed by atoms with Gasteiger partial charge in [-0.3, -0.25) is 10.1 Å². The molecule has 2 amide bonds. The molecule has 3 rings (SSSR count). The fourth-order valence-electron chi connectivity index (χ4n) is 2.77. The summed E-state index contributed by atoms with van der Waals surface area (Å²) < 4.78 is 46.4. The maximum atomic E-state index is 13.4. The smallest absolute Gasteiger partial charge is 0.416 e. The molecule has 0 aliphatic rings. The molecule has 2 N–H and O–H groups in total. The summed E-state index contributed by atoms with van der Waals surface area (Å²) in [5, 5.41) is 8.51. The van der Waals surface area contributed by atoms with E-state index in [9.17, 15) is 22.8 Å². The van der Waals surface area contributed by atoms with E-state index in [4.69, 9.17) is 27.9 Å².